The lowest BCUT2D eigenvalue weighted by molar-refractivity contribution is 1.02. The van der Waals surface area contributed by atoms with Gasteiger partial charge < -0.3 is 5.32 Å². The fourth-order valence-corrected chi connectivity index (χ4v) is 2.08. The Morgan fingerprint density at radius 2 is 2.20 bits per heavy atom. The largest absolute Gasteiger partial charge is 0.330 e. The van der Waals surface area contributed by atoms with Crippen molar-refractivity contribution in [3.8, 4) is 0 Å². The molecular formula is C9H8ClN3S2. The number of thiol groups is 1. The van der Waals surface area contributed by atoms with Crippen LogP contribution >= 0.6 is 35.6 Å². The van der Waals surface area contributed by atoms with E-state index in [4.69, 9.17) is 11.6 Å². The van der Waals surface area contributed by atoms with E-state index in [1.54, 1.807) is 0 Å². The Labute approximate surface area is 102 Å². The Balaban J connectivity index is 2.27. The third-order valence-corrected chi connectivity index (χ3v) is 3.10. The molecule has 78 valence electrons. The highest BCUT2D eigenvalue weighted by atomic mass is 35.5. The van der Waals surface area contributed by atoms with Crippen LogP contribution in [-0.2, 0) is 0 Å². The second-order valence-corrected chi connectivity index (χ2v) is 5.11. The molecule has 3 nitrogen and oxygen atoms in total. The van der Waals surface area contributed by atoms with Crippen molar-refractivity contribution in [3.63, 3.8) is 0 Å². The Hall–Kier alpha value is -0.780. The van der Waals surface area contributed by atoms with Crippen molar-refractivity contribution in [1.29, 1.82) is 0 Å². The van der Waals surface area contributed by atoms with E-state index in [9.17, 15) is 0 Å². The fourth-order valence-electron chi connectivity index (χ4n) is 1.11. The summed E-state index contributed by atoms with van der Waals surface area (Å²) in [7, 11) is 0. The van der Waals surface area contributed by atoms with Crippen molar-refractivity contribution < 1.29 is 0 Å². The van der Waals surface area contributed by atoms with Gasteiger partial charge in [-0.05, 0) is 24.6 Å². The molecule has 0 saturated carbocycles. The zero-order valence-corrected chi connectivity index (χ0v) is 10.3. The minimum Gasteiger partial charge on any atom is -0.330 e. The molecule has 0 aliphatic carbocycles. The molecule has 0 unspecified atom stereocenters. The average molecular weight is 258 g/mol. The van der Waals surface area contributed by atoms with Crippen LogP contribution < -0.4 is 5.32 Å². The molecule has 0 aliphatic rings. The predicted octanol–water partition coefficient (Wildman–Crippen LogP) is 3.53. The van der Waals surface area contributed by atoms with Crippen molar-refractivity contribution in [2.75, 3.05) is 5.32 Å². The quantitative estimate of drug-likeness (QED) is 0.809. The SMILES string of the molecule is Cc1ccc(Cl)cc1Nc1nnc(S)s1. The molecule has 0 fully saturated rings. The van der Waals surface area contributed by atoms with E-state index in [0.717, 1.165) is 11.3 Å². The maximum Gasteiger partial charge on any atom is 0.210 e. The van der Waals surface area contributed by atoms with Gasteiger partial charge in [-0.3, -0.25) is 0 Å². The highest BCUT2D eigenvalue weighted by molar-refractivity contribution is 7.82. The molecule has 0 radical (unpaired) electrons. The van der Waals surface area contributed by atoms with Gasteiger partial charge in [0, 0.05) is 10.7 Å². The van der Waals surface area contributed by atoms with Gasteiger partial charge in [-0.2, -0.15) is 0 Å². The number of aryl methyl sites for hydroxylation is 1. The van der Waals surface area contributed by atoms with Crippen LogP contribution in [0.5, 0.6) is 0 Å². The molecule has 0 bridgehead atoms. The van der Waals surface area contributed by atoms with Crippen LogP contribution in [0.25, 0.3) is 0 Å². The molecule has 0 aliphatic heterocycles. The average Bonchev–Trinajstić information content (AvgIpc) is 2.58. The van der Waals surface area contributed by atoms with Gasteiger partial charge in [0.1, 0.15) is 0 Å². The van der Waals surface area contributed by atoms with Crippen LogP contribution in [0.4, 0.5) is 10.8 Å². The number of halogens is 1. The van der Waals surface area contributed by atoms with E-state index in [-0.39, 0.29) is 0 Å². The summed E-state index contributed by atoms with van der Waals surface area (Å²) in [6.45, 7) is 2.00. The standard InChI is InChI=1S/C9H8ClN3S2/c1-5-2-3-6(10)4-7(5)11-8-12-13-9(14)15-8/h2-4H,1H3,(H,11,12)(H,13,14). The van der Waals surface area contributed by atoms with E-state index in [2.05, 4.69) is 28.1 Å². The first kappa shape index (κ1) is 10.7. The monoisotopic (exact) mass is 257 g/mol. The third kappa shape index (κ3) is 2.62. The zero-order valence-electron chi connectivity index (χ0n) is 7.86. The van der Waals surface area contributed by atoms with Crippen LogP contribution in [0.3, 0.4) is 0 Å². The Morgan fingerprint density at radius 1 is 1.40 bits per heavy atom. The number of rotatable bonds is 2. The first-order valence-electron chi connectivity index (χ1n) is 4.21. The Kier molecular flexibility index (Phi) is 3.14. The first-order valence-corrected chi connectivity index (χ1v) is 5.85. The van der Waals surface area contributed by atoms with Crippen molar-refractivity contribution in [1.82, 2.24) is 10.2 Å². The minimum absolute atomic E-state index is 0.636. The zero-order chi connectivity index (χ0) is 10.8. The van der Waals surface area contributed by atoms with Gasteiger partial charge in [0.25, 0.3) is 0 Å². The van der Waals surface area contributed by atoms with Crippen molar-refractivity contribution in [3.05, 3.63) is 28.8 Å². The van der Waals surface area contributed by atoms with Crippen molar-refractivity contribution in [2.24, 2.45) is 0 Å². The first-order chi connectivity index (χ1) is 7.15. The highest BCUT2D eigenvalue weighted by Crippen LogP contribution is 2.26. The summed E-state index contributed by atoms with van der Waals surface area (Å²) in [4.78, 5) is 0. The van der Waals surface area contributed by atoms with Gasteiger partial charge in [-0.1, -0.05) is 29.0 Å². The molecule has 15 heavy (non-hydrogen) atoms. The van der Waals surface area contributed by atoms with Gasteiger partial charge in [-0.25, -0.2) is 0 Å². The molecule has 2 rings (SSSR count). The summed E-state index contributed by atoms with van der Waals surface area (Å²) < 4.78 is 0.636. The summed E-state index contributed by atoms with van der Waals surface area (Å²) in [5, 5.41) is 12.3. The molecule has 2 aromatic rings. The number of aromatic nitrogens is 2. The molecule has 1 aromatic heterocycles. The van der Waals surface area contributed by atoms with E-state index < -0.39 is 0 Å². The fraction of sp³-hybridized carbons (Fsp3) is 0.111. The number of benzene rings is 1. The number of anilines is 2. The molecule has 0 saturated heterocycles. The minimum atomic E-state index is 0.636. The number of nitrogens with one attached hydrogen (secondary N) is 1. The van der Waals surface area contributed by atoms with Gasteiger partial charge in [-0.15, -0.1) is 22.8 Å². The number of nitrogens with zero attached hydrogens (tertiary/aromatic N) is 2. The van der Waals surface area contributed by atoms with Gasteiger partial charge in [0.15, 0.2) is 4.34 Å². The van der Waals surface area contributed by atoms with Gasteiger partial charge in [0.05, 0.1) is 0 Å². The second-order valence-electron chi connectivity index (χ2n) is 2.97. The topological polar surface area (TPSA) is 37.8 Å². The summed E-state index contributed by atoms with van der Waals surface area (Å²) in [5.74, 6) is 0. The van der Waals surface area contributed by atoms with Gasteiger partial charge in [0.2, 0.25) is 5.13 Å². The Morgan fingerprint density at radius 3 is 2.87 bits per heavy atom. The molecule has 0 atom stereocenters. The molecule has 0 amide bonds. The van der Waals surface area contributed by atoms with E-state index in [1.165, 1.54) is 11.3 Å². The summed E-state index contributed by atoms with van der Waals surface area (Å²) >= 11 is 11.4. The van der Waals surface area contributed by atoms with E-state index >= 15 is 0 Å². The molecule has 6 heteroatoms. The lowest BCUT2D eigenvalue weighted by Crippen LogP contribution is -1.92. The lowest BCUT2D eigenvalue weighted by Gasteiger charge is -2.05. The maximum absolute atomic E-state index is 5.90. The third-order valence-electron chi connectivity index (χ3n) is 1.86. The summed E-state index contributed by atoms with van der Waals surface area (Å²) in [5.41, 5.74) is 2.04. The normalized spacial score (nSPS) is 10.3. The van der Waals surface area contributed by atoms with Crippen LogP contribution in [0.2, 0.25) is 5.02 Å². The molecule has 0 spiro atoms. The smallest absolute Gasteiger partial charge is 0.210 e. The molecule has 1 N–H and O–H groups in total. The lowest BCUT2D eigenvalue weighted by atomic mass is 10.2. The van der Waals surface area contributed by atoms with Crippen LogP contribution in [0.15, 0.2) is 22.5 Å². The predicted molar refractivity (Wildman–Crippen MR) is 66.6 cm³/mol. The van der Waals surface area contributed by atoms with Crippen LogP contribution in [0.1, 0.15) is 5.56 Å². The van der Waals surface area contributed by atoms with Crippen molar-refractivity contribution >= 4 is 46.4 Å². The van der Waals surface area contributed by atoms with Gasteiger partial charge >= 0.3 is 0 Å². The van der Waals surface area contributed by atoms with E-state index in [0.29, 0.717) is 14.5 Å². The molecule has 1 aromatic carbocycles. The highest BCUT2D eigenvalue weighted by Gasteiger charge is 2.04. The van der Waals surface area contributed by atoms with Crippen LogP contribution in [-0.4, -0.2) is 10.2 Å². The van der Waals surface area contributed by atoms with E-state index in [1.807, 2.05) is 25.1 Å². The summed E-state index contributed by atoms with van der Waals surface area (Å²) in [6, 6.07) is 5.66. The summed E-state index contributed by atoms with van der Waals surface area (Å²) in [6.07, 6.45) is 0. The number of hydrogen-bond acceptors (Lipinski definition) is 5. The Bertz CT molecular complexity index is 484. The molecular weight excluding hydrogens is 250 g/mol. The van der Waals surface area contributed by atoms with Crippen molar-refractivity contribution in [2.45, 2.75) is 11.3 Å². The maximum atomic E-state index is 5.90. The second kappa shape index (κ2) is 4.38. The number of hydrogen-bond donors (Lipinski definition) is 2. The van der Waals surface area contributed by atoms with Crippen LogP contribution in [0, 0.1) is 6.92 Å². The molecule has 1 heterocycles.